The number of methoxy groups -OCH3 is 1. The van der Waals surface area contributed by atoms with Gasteiger partial charge in [0, 0.05) is 41.4 Å². The number of nitrogens with zero attached hydrogens (tertiary/aromatic N) is 2. The SMILES string of the molecule is COc1ccccc1CC(=O)N1CCC(NC(=O)Cn2cc(Br)ccc2=O)CC1. The van der Waals surface area contributed by atoms with E-state index in [1.807, 2.05) is 29.2 Å². The third-order valence-electron chi connectivity index (χ3n) is 5.01. The van der Waals surface area contributed by atoms with Crippen molar-refractivity contribution in [2.75, 3.05) is 20.2 Å². The Balaban J connectivity index is 1.48. The summed E-state index contributed by atoms with van der Waals surface area (Å²) in [6, 6.07) is 10.6. The van der Waals surface area contributed by atoms with Crippen LogP contribution in [0.1, 0.15) is 18.4 Å². The van der Waals surface area contributed by atoms with E-state index in [0.29, 0.717) is 38.1 Å². The van der Waals surface area contributed by atoms with Gasteiger partial charge in [0.2, 0.25) is 11.8 Å². The molecule has 7 nitrogen and oxygen atoms in total. The van der Waals surface area contributed by atoms with Gasteiger partial charge in [0.05, 0.1) is 13.5 Å². The van der Waals surface area contributed by atoms with Crippen molar-refractivity contribution in [1.29, 1.82) is 0 Å². The largest absolute Gasteiger partial charge is 0.496 e. The van der Waals surface area contributed by atoms with Gasteiger partial charge in [0.15, 0.2) is 0 Å². The fraction of sp³-hybridized carbons (Fsp3) is 0.381. The molecule has 1 aromatic carbocycles. The summed E-state index contributed by atoms with van der Waals surface area (Å²) in [5.41, 5.74) is 0.648. The van der Waals surface area contributed by atoms with E-state index in [2.05, 4.69) is 21.2 Å². The Kier molecular flexibility index (Phi) is 7.09. The lowest BCUT2D eigenvalue weighted by Gasteiger charge is -2.32. The molecule has 29 heavy (non-hydrogen) atoms. The Bertz CT molecular complexity index is 936. The summed E-state index contributed by atoms with van der Waals surface area (Å²) < 4.78 is 7.42. The first-order valence-electron chi connectivity index (χ1n) is 9.51. The molecule has 8 heteroatoms. The monoisotopic (exact) mass is 461 g/mol. The number of nitrogens with one attached hydrogen (secondary N) is 1. The molecule has 2 heterocycles. The number of piperidine rings is 1. The average molecular weight is 462 g/mol. The summed E-state index contributed by atoms with van der Waals surface area (Å²) in [6.07, 6.45) is 3.28. The number of pyridine rings is 1. The molecule has 1 aliphatic rings. The molecule has 0 bridgehead atoms. The van der Waals surface area contributed by atoms with Gasteiger partial charge in [-0.15, -0.1) is 0 Å². The number of hydrogen-bond donors (Lipinski definition) is 1. The second-order valence-corrected chi connectivity index (χ2v) is 7.94. The van der Waals surface area contributed by atoms with Gasteiger partial charge in [0.25, 0.3) is 5.56 Å². The van der Waals surface area contributed by atoms with E-state index in [1.54, 1.807) is 19.4 Å². The van der Waals surface area contributed by atoms with Gasteiger partial charge >= 0.3 is 0 Å². The number of benzene rings is 1. The maximum absolute atomic E-state index is 12.6. The first-order valence-corrected chi connectivity index (χ1v) is 10.3. The maximum Gasteiger partial charge on any atom is 0.251 e. The van der Waals surface area contributed by atoms with Crippen LogP contribution in [0.5, 0.6) is 5.75 Å². The van der Waals surface area contributed by atoms with Crippen molar-refractivity contribution in [3.63, 3.8) is 0 Å². The fourth-order valence-electron chi connectivity index (χ4n) is 3.45. The van der Waals surface area contributed by atoms with Gasteiger partial charge in [-0.05, 0) is 40.9 Å². The van der Waals surface area contributed by atoms with Crippen molar-refractivity contribution in [1.82, 2.24) is 14.8 Å². The number of para-hydroxylation sites is 1. The lowest BCUT2D eigenvalue weighted by Crippen LogP contribution is -2.47. The van der Waals surface area contributed by atoms with E-state index >= 15 is 0 Å². The van der Waals surface area contributed by atoms with Crippen LogP contribution in [0.2, 0.25) is 0 Å². The summed E-state index contributed by atoms with van der Waals surface area (Å²) in [7, 11) is 1.60. The summed E-state index contributed by atoms with van der Waals surface area (Å²) >= 11 is 3.30. The molecule has 1 fully saturated rings. The summed E-state index contributed by atoms with van der Waals surface area (Å²) in [5, 5.41) is 2.97. The van der Waals surface area contributed by atoms with Crippen LogP contribution in [0.25, 0.3) is 0 Å². The third-order valence-corrected chi connectivity index (χ3v) is 5.48. The zero-order valence-corrected chi connectivity index (χ0v) is 17.9. The highest BCUT2D eigenvalue weighted by Gasteiger charge is 2.24. The second kappa shape index (κ2) is 9.73. The second-order valence-electron chi connectivity index (χ2n) is 7.02. The number of hydrogen-bond acceptors (Lipinski definition) is 4. The molecule has 0 radical (unpaired) electrons. The number of carbonyl (C=O) groups is 2. The van der Waals surface area contributed by atoms with Gasteiger partial charge in [-0.2, -0.15) is 0 Å². The zero-order chi connectivity index (χ0) is 20.8. The first kappa shape index (κ1) is 21.1. The Hall–Kier alpha value is -2.61. The molecule has 2 aromatic rings. The highest BCUT2D eigenvalue weighted by Crippen LogP contribution is 2.20. The summed E-state index contributed by atoms with van der Waals surface area (Å²) in [5.74, 6) is 0.565. The number of amides is 2. The first-order chi connectivity index (χ1) is 14.0. The highest BCUT2D eigenvalue weighted by molar-refractivity contribution is 9.10. The molecule has 2 amide bonds. The van der Waals surface area contributed by atoms with E-state index in [0.717, 1.165) is 10.0 Å². The van der Waals surface area contributed by atoms with E-state index in [-0.39, 0.29) is 30.0 Å². The van der Waals surface area contributed by atoms with E-state index < -0.39 is 0 Å². The van der Waals surface area contributed by atoms with E-state index in [9.17, 15) is 14.4 Å². The molecule has 0 aliphatic carbocycles. The van der Waals surface area contributed by atoms with Gasteiger partial charge in [-0.1, -0.05) is 18.2 Å². The molecule has 0 unspecified atom stereocenters. The third kappa shape index (κ3) is 5.69. The van der Waals surface area contributed by atoms with Gasteiger partial charge < -0.3 is 19.5 Å². The molecule has 0 spiro atoms. The number of ether oxygens (including phenoxy) is 1. The van der Waals surface area contributed by atoms with Crippen LogP contribution < -0.4 is 15.6 Å². The Morgan fingerprint density at radius 3 is 2.62 bits per heavy atom. The van der Waals surface area contributed by atoms with Crippen molar-refractivity contribution in [3.8, 4) is 5.75 Å². The predicted molar refractivity (Wildman–Crippen MR) is 113 cm³/mol. The number of carbonyl (C=O) groups excluding carboxylic acids is 2. The zero-order valence-electron chi connectivity index (χ0n) is 16.3. The average Bonchev–Trinajstić information content (AvgIpc) is 2.71. The predicted octanol–water partition coefficient (Wildman–Crippen LogP) is 1.97. The summed E-state index contributed by atoms with van der Waals surface area (Å²) in [4.78, 5) is 38.6. The van der Waals surface area contributed by atoms with E-state index in [4.69, 9.17) is 4.74 Å². The van der Waals surface area contributed by atoms with Crippen LogP contribution in [-0.2, 0) is 22.6 Å². The lowest BCUT2D eigenvalue weighted by atomic mass is 10.0. The smallest absolute Gasteiger partial charge is 0.251 e. The lowest BCUT2D eigenvalue weighted by molar-refractivity contribution is -0.131. The summed E-state index contributed by atoms with van der Waals surface area (Å²) in [6.45, 7) is 1.16. The van der Waals surface area contributed by atoms with Gasteiger partial charge in [0.1, 0.15) is 12.3 Å². The van der Waals surface area contributed by atoms with Crippen LogP contribution in [0.3, 0.4) is 0 Å². The molecule has 154 valence electrons. The normalized spacial score (nSPS) is 14.5. The van der Waals surface area contributed by atoms with Crippen molar-refractivity contribution in [2.24, 2.45) is 0 Å². The molecular weight excluding hydrogens is 438 g/mol. The van der Waals surface area contributed by atoms with Gasteiger partial charge in [-0.25, -0.2) is 0 Å². The molecule has 1 saturated heterocycles. The van der Waals surface area contributed by atoms with Crippen LogP contribution in [-0.4, -0.2) is 47.5 Å². The van der Waals surface area contributed by atoms with Crippen LogP contribution in [0, 0.1) is 0 Å². The minimum atomic E-state index is -0.222. The van der Waals surface area contributed by atoms with Crippen LogP contribution in [0.15, 0.2) is 51.9 Å². The topological polar surface area (TPSA) is 80.6 Å². The number of likely N-dealkylation sites (tertiary alicyclic amines) is 1. The maximum atomic E-state index is 12.6. The molecule has 3 rings (SSSR count). The molecule has 0 atom stereocenters. The van der Waals surface area contributed by atoms with Crippen LogP contribution >= 0.6 is 15.9 Å². The minimum absolute atomic E-state index is 0.000617. The molecule has 1 N–H and O–H groups in total. The standard InChI is InChI=1S/C21H24BrN3O4/c1-29-18-5-3-2-4-15(18)12-21(28)24-10-8-17(9-11-24)23-19(26)14-25-13-16(22)6-7-20(25)27/h2-7,13,17H,8-12,14H2,1H3,(H,23,26). The van der Waals surface area contributed by atoms with Crippen molar-refractivity contribution < 1.29 is 14.3 Å². The fourth-order valence-corrected chi connectivity index (χ4v) is 3.83. The van der Waals surface area contributed by atoms with Crippen molar-refractivity contribution in [2.45, 2.75) is 31.8 Å². The number of rotatable bonds is 6. The molecule has 1 aromatic heterocycles. The molecule has 1 aliphatic heterocycles. The highest BCUT2D eigenvalue weighted by atomic mass is 79.9. The Morgan fingerprint density at radius 2 is 1.90 bits per heavy atom. The van der Waals surface area contributed by atoms with Crippen molar-refractivity contribution in [3.05, 3.63) is 63.0 Å². The quantitative estimate of drug-likeness (QED) is 0.712. The number of aromatic nitrogens is 1. The molecular formula is C21H24BrN3O4. The Morgan fingerprint density at radius 1 is 1.17 bits per heavy atom. The van der Waals surface area contributed by atoms with E-state index in [1.165, 1.54) is 10.6 Å². The molecule has 0 saturated carbocycles. The number of halogens is 1. The van der Waals surface area contributed by atoms with Crippen LogP contribution in [0.4, 0.5) is 0 Å². The Labute approximate surface area is 177 Å². The minimum Gasteiger partial charge on any atom is -0.496 e. The van der Waals surface area contributed by atoms with Crippen molar-refractivity contribution >= 4 is 27.7 Å². The van der Waals surface area contributed by atoms with Gasteiger partial charge in [-0.3, -0.25) is 14.4 Å².